The summed E-state index contributed by atoms with van der Waals surface area (Å²) in [5.41, 5.74) is 3.07. The van der Waals surface area contributed by atoms with E-state index in [9.17, 15) is 0 Å². The molecule has 0 radical (unpaired) electrons. The summed E-state index contributed by atoms with van der Waals surface area (Å²) < 4.78 is 0. The Labute approximate surface area is 65.9 Å². The maximum Gasteiger partial charge on any atom is 0.0606 e. The van der Waals surface area contributed by atoms with Crippen molar-refractivity contribution in [1.29, 1.82) is 0 Å². The minimum Gasteiger partial charge on any atom is -0.253 e. The number of hydrogen-bond donors (Lipinski definition) is 0. The van der Waals surface area contributed by atoms with Crippen LogP contribution < -0.4 is 0 Å². The van der Waals surface area contributed by atoms with Crippen molar-refractivity contribution in [2.24, 2.45) is 4.99 Å². The van der Waals surface area contributed by atoms with E-state index in [0.717, 1.165) is 0 Å². The molecule has 0 fully saturated rings. The second kappa shape index (κ2) is 3.62. The first kappa shape index (κ1) is 7.61. The Morgan fingerprint density at radius 1 is 1.70 bits per heavy atom. The lowest BCUT2D eigenvalue weighted by molar-refractivity contribution is 1.11. The Kier molecular flexibility index (Phi) is 2.75. The van der Waals surface area contributed by atoms with Gasteiger partial charge in [-0.1, -0.05) is 12.2 Å². The second-order valence-electron chi connectivity index (χ2n) is 2.13. The van der Waals surface area contributed by atoms with Gasteiger partial charge in [0.2, 0.25) is 0 Å². The number of allylic oxidation sites excluding steroid dienone is 3. The Bertz CT molecular complexity index is 191. The molecular formula is C8H11NS. The third-order valence-electron chi connectivity index (χ3n) is 1.34. The van der Waals surface area contributed by atoms with Crippen LogP contribution in [0.15, 0.2) is 28.9 Å². The molecule has 1 rings (SSSR count). The minimum atomic E-state index is 0.538. The van der Waals surface area contributed by atoms with Crippen LogP contribution in [0.5, 0.6) is 0 Å². The van der Waals surface area contributed by atoms with Gasteiger partial charge in [0.15, 0.2) is 0 Å². The summed E-state index contributed by atoms with van der Waals surface area (Å²) in [7, 11) is 0. The molecule has 1 heterocycles. The van der Waals surface area contributed by atoms with Gasteiger partial charge in [0.25, 0.3) is 0 Å². The van der Waals surface area contributed by atoms with Gasteiger partial charge in [0.05, 0.1) is 11.2 Å². The smallest absolute Gasteiger partial charge is 0.0606 e. The molecule has 0 N–H and O–H groups in total. The number of hydrogen-bond acceptors (Lipinski definition) is 2. The number of aliphatic imine (C=N–C) groups is 1. The number of rotatable bonds is 1. The van der Waals surface area contributed by atoms with Crippen LogP contribution in [0.3, 0.4) is 0 Å². The fraction of sp³-hybridized carbons (Fsp3) is 0.375. The Hall–Kier alpha value is -0.500. The van der Waals surface area contributed by atoms with Crippen LogP contribution in [0.1, 0.15) is 13.8 Å². The van der Waals surface area contributed by atoms with Gasteiger partial charge in [0, 0.05) is 5.25 Å². The molecule has 0 spiro atoms. The van der Waals surface area contributed by atoms with E-state index >= 15 is 0 Å². The van der Waals surface area contributed by atoms with E-state index < -0.39 is 0 Å². The first-order valence-electron chi connectivity index (χ1n) is 3.35. The predicted molar refractivity (Wildman–Crippen MR) is 48.4 cm³/mol. The summed E-state index contributed by atoms with van der Waals surface area (Å²) in [6, 6.07) is 0. The lowest BCUT2D eigenvalue weighted by atomic mass is 10.3. The maximum absolute atomic E-state index is 4.20. The van der Waals surface area contributed by atoms with Gasteiger partial charge in [-0.05, 0) is 19.9 Å². The Morgan fingerprint density at radius 3 is 3.00 bits per heavy atom. The molecule has 0 aromatic heterocycles. The van der Waals surface area contributed by atoms with Gasteiger partial charge in [0.1, 0.15) is 0 Å². The van der Waals surface area contributed by atoms with Crippen LogP contribution in [-0.4, -0.2) is 10.8 Å². The van der Waals surface area contributed by atoms with Crippen molar-refractivity contribution in [3.05, 3.63) is 23.9 Å². The van der Waals surface area contributed by atoms with Crippen molar-refractivity contribution in [3.63, 3.8) is 0 Å². The molecule has 0 amide bonds. The normalized spacial score (nSPS) is 29.0. The monoisotopic (exact) mass is 153 g/mol. The quantitative estimate of drug-likeness (QED) is 0.564. The lowest BCUT2D eigenvalue weighted by Crippen LogP contribution is -1.90. The summed E-state index contributed by atoms with van der Waals surface area (Å²) in [4.78, 5) is 4.20. The van der Waals surface area contributed by atoms with Gasteiger partial charge in [-0.3, -0.25) is 4.99 Å². The van der Waals surface area contributed by atoms with Crippen molar-refractivity contribution in [1.82, 2.24) is 0 Å². The summed E-state index contributed by atoms with van der Waals surface area (Å²) >= 11 is 1.76. The van der Waals surface area contributed by atoms with Crippen molar-refractivity contribution < 1.29 is 0 Å². The highest BCUT2D eigenvalue weighted by molar-refractivity contribution is 8.13. The zero-order valence-electron chi connectivity index (χ0n) is 6.24. The van der Waals surface area contributed by atoms with E-state index in [1.165, 1.54) is 5.70 Å². The molecule has 10 heavy (non-hydrogen) atoms. The second-order valence-corrected chi connectivity index (χ2v) is 3.32. The molecule has 0 aromatic rings. The first-order valence-corrected chi connectivity index (χ1v) is 4.29. The predicted octanol–water partition coefficient (Wildman–Crippen LogP) is 2.61. The van der Waals surface area contributed by atoms with Crippen LogP contribution in [0, 0.1) is 0 Å². The molecule has 0 bridgehead atoms. The zero-order valence-corrected chi connectivity index (χ0v) is 7.06. The van der Waals surface area contributed by atoms with E-state index in [-0.39, 0.29) is 0 Å². The molecule has 0 saturated heterocycles. The Balaban J connectivity index is 2.62. The molecule has 1 atom stereocenters. The van der Waals surface area contributed by atoms with Crippen molar-refractivity contribution in [2.75, 3.05) is 0 Å². The SMILES string of the molecule is CC=CC=C1N=CSC1C. The number of thioether (sulfide) groups is 1. The third kappa shape index (κ3) is 1.74. The van der Waals surface area contributed by atoms with Crippen LogP contribution in [0.25, 0.3) is 0 Å². The van der Waals surface area contributed by atoms with Crippen LogP contribution >= 0.6 is 11.8 Å². The van der Waals surface area contributed by atoms with E-state index in [0.29, 0.717) is 5.25 Å². The fourth-order valence-corrected chi connectivity index (χ4v) is 1.37. The zero-order chi connectivity index (χ0) is 7.40. The lowest BCUT2D eigenvalue weighted by Gasteiger charge is -1.97. The van der Waals surface area contributed by atoms with Crippen LogP contribution in [0.4, 0.5) is 0 Å². The topological polar surface area (TPSA) is 12.4 Å². The van der Waals surface area contributed by atoms with Crippen molar-refractivity contribution in [3.8, 4) is 0 Å². The molecule has 2 heteroatoms. The minimum absolute atomic E-state index is 0.538. The van der Waals surface area contributed by atoms with Gasteiger partial charge in [-0.15, -0.1) is 11.8 Å². The van der Waals surface area contributed by atoms with E-state index in [1.807, 2.05) is 24.6 Å². The van der Waals surface area contributed by atoms with Gasteiger partial charge in [-0.25, -0.2) is 0 Å². The average molecular weight is 153 g/mol. The molecule has 1 aliphatic heterocycles. The van der Waals surface area contributed by atoms with Crippen LogP contribution in [0.2, 0.25) is 0 Å². The van der Waals surface area contributed by atoms with E-state index in [2.05, 4.69) is 18.0 Å². The highest BCUT2D eigenvalue weighted by Crippen LogP contribution is 2.24. The average Bonchev–Trinajstić information content (AvgIpc) is 2.31. The third-order valence-corrected chi connectivity index (χ3v) is 2.22. The van der Waals surface area contributed by atoms with Gasteiger partial charge >= 0.3 is 0 Å². The summed E-state index contributed by atoms with van der Waals surface area (Å²) in [6.07, 6.45) is 6.09. The molecule has 0 aliphatic carbocycles. The maximum atomic E-state index is 4.20. The summed E-state index contributed by atoms with van der Waals surface area (Å²) in [5, 5.41) is 0.538. The van der Waals surface area contributed by atoms with Crippen molar-refractivity contribution in [2.45, 2.75) is 19.1 Å². The molecular weight excluding hydrogens is 142 g/mol. The molecule has 1 unspecified atom stereocenters. The van der Waals surface area contributed by atoms with E-state index in [4.69, 9.17) is 0 Å². The van der Waals surface area contributed by atoms with E-state index in [1.54, 1.807) is 11.8 Å². The molecule has 54 valence electrons. The molecule has 0 aromatic carbocycles. The largest absolute Gasteiger partial charge is 0.253 e. The highest BCUT2D eigenvalue weighted by Gasteiger charge is 2.10. The van der Waals surface area contributed by atoms with Gasteiger partial charge in [-0.2, -0.15) is 0 Å². The Morgan fingerprint density at radius 2 is 2.50 bits per heavy atom. The molecule has 1 nitrogen and oxygen atoms in total. The van der Waals surface area contributed by atoms with Crippen LogP contribution in [-0.2, 0) is 0 Å². The highest BCUT2D eigenvalue weighted by atomic mass is 32.2. The standard InChI is InChI=1S/C8H11NS/c1-3-4-5-8-7(2)10-6-9-8/h3-7H,1-2H3. The molecule has 1 aliphatic rings. The van der Waals surface area contributed by atoms with Gasteiger partial charge < -0.3 is 0 Å². The molecule has 0 saturated carbocycles. The van der Waals surface area contributed by atoms with Crippen molar-refractivity contribution >= 4 is 17.3 Å². The fourth-order valence-electron chi connectivity index (χ4n) is 0.731. The summed E-state index contributed by atoms with van der Waals surface area (Å²) in [6.45, 7) is 4.17. The first-order chi connectivity index (χ1) is 4.84. The summed E-state index contributed by atoms with van der Waals surface area (Å²) in [5.74, 6) is 0. The number of nitrogens with zero attached hydrogens (tertiary/aromatic N) is 1.